The van der Waals surface area contributed by atoms with Crippen molar-refractivity contribution in [2.75, 3.05) is 33.3 Å². The molecule has 5 rings (SSSR count). The average molecular weight is 763 g/mol. The number of nitrogens with one attached hydrogen (secondary N) is 1. The minimum absolute atomic E-state index is 0. The molecule has 9 nitrogen and oxygen atoms in total. The maximum Gasteiger partial charge on any atom is 1.00 e. The maximum atomic E-state index is 12.0. The molecule has 2 atom stereocenters. The molecule has 0 aliphatic carbocycles. The molecule has 5 heterocycles. The van der Waals surface area contributed by atoms with Gasteiger partial charge in [0.1, 0.15) is 33.0 Å². The van der Waals surface area contributed by atoms with Crippen LogP contribution in [0.3, 0.4) is 0 Å². The van der Waals surface area contributed by atoms with E-state index in [4.69, 9.17) is 62.0 Å². The van der Waals surface area contributed by atoms with Gasteiger partial charge < -0.3 is 25.9 Å². The van der Waals surface area contributed by atoms with Gasteiger partial charge in [0.2, 0.25) is 11.8 Å². The number of aromatic nitrogens is 3. The Bertz CT molecular complexity index is 1440. The average Bonchev–Trinajstić information content (AvgIpc) is 3.67. The molecular formula is C33H47Cl4FN5NaO4. The van der Waals surface area contributed by atoms with Crippen LogP contribution in [-0.4, -0.2) is 77.1 Å². The summed E-state index contributed by atoms with van der Waals surface area (Å²) in [6.45, 7) is 14.3. The first-order valence-corrected chi connectivity index (χ1v) is 16.0. The fraction of sp³-hybridized carbons (Fsp3) is 0.515. The van der Waals surface area contributed by atoms with E-state index in [9.17, 15) is 9.18 Å². The molecule has 1 N–H and O–H groups in total. The molecule has 3 aromatic rings. The summed E-state index contributed by atoms with van der Waals surface area (Å²) in [4.78, 5) is 25.8. The van der Waals surface area contributed by atoms with Gasteiger partial charge in [0, 0.05) is 38.1 Å². The quantitative estimate of drug-likeness (QED) is 0.246. The van der Waals surface area contributed by atoms with Gasteiger partial charge >= 0.3 is 35.7 Å². The number of amides is 1. The Hall–Kier alpha value is -1.63. The minimum Gasteiger partial charge on any atom is -1.00 e. The van der Waals surface area contributed by atoms with E-state index in [1.807, 2.05) is 53.7 Å². The number of alkyl halides is 1. The Balaban J connectivity index is 0. The van der Waals surface area contributed by atoms with Gasteiger partial charge in [0.05, 0.1) is 20.1 Å². The topological polar surface area (TPSA) is 98.7 Å². The summed E-state index contributed by atoms with van der Waals surface area (Å²) in [6.07, 6.45) is 6.71. The van der Waals surface area contributed by atoms with E-state index in [0.717, 1.165) is 42.6 Å². The summed E-state index contributed by atoms with van der Waals surface area (Å²) in [7, 11) is -1.00. The van der Waals surface area contributed by atoms with E-state index in [1.165, 1.54) is 0 Å². The molecule has 1 amide bonds. The Labute approximate surface area is 329 Å². The fourth-order valence-electron chi connectivity index (χ4n) is 4.09. The van der Waals surface area contributed by atoms with E-state index in [1.54, 1.807) is 29.6 Å². The van der Waals surface area contributed by atoms with Gasteiger partial charge in [-0.3, -0.25) is 4.39 Å². The fourth-order valence-corrected chi connectivity index (χ4v) is 4.95. The number of aryl methyl sites for hydroxylation is 3. The molecule has 0 spiro atoms. The Kier molecular flexibility index (Phi) is 21.2. The van der Waals surface area contributed by atoms with Crippen LogP contribution in [0, 0.1) is 20.8 Å². The van der Waals surface area contributed by atoms with Crippen LogP contribution >= 0.6 is 46.4 Å². The molecule has 0 radical (unpaired) electrons. The number of ether oxygens (including phenoxy) is 3. The second-order valence-electron chi connectivity index (χ2n) is 11.6. The molecule has 0 aromatic carbocycles. The van der Waals surface area contributed by atoms with E-state index in [-0.39, 0.29) is 56.7 Å². The number of pyridine rings is 3. The van der Waals surface area contributed by atoms with Gasteiger partial charge in [-0.1, -0.05) is 53.8 Å². The zero-order chi connectivity index (χ0) is 35.1. The molecule has 2 saturated heterocycles. The van der Waals surface area contributed by atoms with Crippen molar-refractivity contribution in [3.63, 3.8) is 0 Å². The number of likely N-dealkylation sites (tertiary alicyclic amines) is 1. The standard InChI is InChI=1S/C15H21ClN2O3.C10H13ClN2O.C6H5Cl2N.CH3F.CH4.Na.H/c1-10-7-12(16)13(17-8-10)20-11-5-6-18(9-11)14(19)21-15(2,3)4;1-7-4-9(11)10(13-5-7)14-8-2-3-12-6-8;1-4-2-5(7)6(8)9-3-4;1-2;;;/h7-8,11H,5-6,9H2,1-4H3;4-5,8,12H,2-3,6H2,1H3;2-3H,1H3;1H3;1H4;;/q;;;;;+1;-1/i;;;1D;;;. The maximum absolute atomic E-state index is 12.0. The third kappa shape index (κ3) is 16.9. The number of halogens is 5. The zero-order valence-corrected chi connectivity index (χ0v) is 32.9. The number of carbonyl (C=O) groups excluding carboxylic acids is 1. The predicted molar refractivity (Wildman–Crippen MR) is 191 cm³/mol. The summed E-state index contributed by atoms with van der Waals surface area (Å²) in [6, 6.07) is 5.45. The first-order valence-electron chi connectivity index (χ1n) is 15.2. The number of rotatable bonds is 4. The molecule has 0 bridgehead atoms. The van der Waals surface area contributed by atoms with Crippen LogP contribution in [0.15, 0.2) is 36.8 Å². The molecule has 2 unspecified atom stereocenters. The largest absolute Gasteiger partial charge is 1.00 e. The Morgan fingerprint density at radius 2 is 1.40 bits per heavy atom. The van der Waals surface area contributed by atoms with Crippen molar-refractivity contribution in [2.45, 2.75) is 79.6 Å². The third-order valence-corrected chi connectivity index (χ3v) is 7.42. The van der Waals surface area contributed by atoms with E-state index in [0.29, 0.717) is 45.1 Å². The predicted octanol–water partition coefficient (Wildman–Crippen LogP) is 6.25. The number of nitrogens with zero attached hydrogens (tertiary/aromatic N) is 4. The van der Waals surface area contributed by atoms with Crippen LogP contribution < -0.4 is 44.3 Å². The molecule has 15 heteroatoms. The first-order chi connectivity index (χ1) is 22.1. The van der Waals surface area contributed by atoms with E-state index in [2.05, 4.69) is 20.3 Å². The molecule has 0 saturated carbocycles. The minimum atomic E-state index is -1.00. The van der Waals surface area contributed by atoms with Crippen LogP contribution in [0.5, 0.6) is 11.8 Å². The monoisotopic (exact) mass is 760 g/mol. The molecular weight excluding hydrogens is 714 g/mol. The van der Waals surface area contributed by atoms with Gasteiger partial charge in [-0.25, -0.2) is 19.7 Å². The van der Waals surface area contributed by atoms with Crippen molar-refractivity contribution >= 4 is 52.5 Å². The van der Waals surface area contributed by atoms with Crippen LogP contribution in [0.1, 0.15) is 60.5 Å². The van der Waals surface area contributed by atoms with Crippen molar-refractivity contribution in [2.24, 2.45) is 0 Å². The second kappa shape index (κ2) is 23.0. The second-order valence-corrected chi connectivity index (χ2v) is 13.2. The first kappa shape index (κ1) is 44.4. The summed E-state index contributed by atoms with van der Waals surface area (Å²) < 4.78 is 32.3. The van der Waals surface area contributed by atoms with Gasteiger partial charge in [-0.2, -0.15) is 0 Å². The normalized spacial score (nSPS) is 16.6. The molecule has 48 heavy (non-hydrogen) atoms. The SMILES string of the molecule is C.Cc1cnc(Cl)c(Cl)c1.Cc1cnc(OC2CCN(C(=O)OC(C)(C)C)C2)c(Cl)c1.Cc1cnc(OC2CCNC2)c(Cl)c1.[2H]CF.[H-].[Na+]. The van der Waals surface area contributed by atoms with Gasteiger partial charge in [-0.15, -0.1) is 0 Å². The molecule has 264 valence electrons. The van der Waals surface area contributed by atoms with Crippen molar-refractivity contribution in [3.8, 4) is 11.8 Å². The summed E-state index contributed by atoms with van der Waals surface area (Å²) in [5, 5.41) is 5.19. The Morgan fingerprint density at radius 1 is 0.917 bits per heavy atom. The summed E-state index contributed by atoms with van der Waals surface area (Å²) in [5.74, 6) is 0.962. The van der Waals surface area contributed by atoms with Crippen LogP contribution in [0.4, 0.5) is 9.18 Å². The number of hydrogen-bond donors (Lipinski definition) is 1. The van der Waals surface area contributed by atoms with Crippen LogP contribution in [-0.2, 0) is 4.74 Å². The number of hydrogen-bond acceptors (Lipinski definition) is 8. The van der Waals surface area contributed by atoms with Crippen molar-refractivity contribution in [3.05, 3.63) is 73.7 Å². The van der Waals surface area contributed by atoms with Gasteiger partial charge in [0.25, 0.3) is 0 Å². The zero-order valence-electron chi connectivity index (χ0n) is 29.9. The van der Waals surface area contributed by atoms with E-state index >= 15 is 0 Å². The molecule has 2 aliphatic rings. The summed E-state index contributed by atoms with van der Waals surface area (Å²) in [5.41, 5.74) is 2.56. The molecule has 3 aromatic heterocycles. The summed E-state index contributed by atoms with van der Waals surface area (Å²) >= 11 is 23.3. The number of carbonyl (C=O) groups is 1. The molecule has 2 fully saturated rings. The Morgan fingerprint density at radius 3 is 1.81 bits per heavy atom. The van der Waals surface area contributed by atoms with Gasteiger partial charge in [-0.05, 0) is 89.4 Å². The van der Waals surface area contributed by atoms with Crippen molar-refractivity contribution in [1.82, 2.24) is 25.2 Å². The van der Waals surface area contributed by atoms with Crippen molar-refractivity contribution in [1.29, 1.82) is 0 Å². The smallest absolute Gasteiger partial charge is 1.00 e. The van der Waals surface area contributed by atoms with Crippen LogP contribution in [0.25, 0.3) is 0 Å². The third-order valence-electron chi connectivity index (χ3n) is 6.19. The van der Waals surface area contributed by atoms with E-state index < -0.39 is 12.8 Å². The molecule has 2 aliphatic heterocycles. The van der Waals surface area contributed by atoms with Gasteiger partial charge in [0.15, 0.2) is 0 Å². The van der Waals surface area contributed by atoms with Crippen LogP contribution in [0.2, 0.25) is 20.2 Å². The van der Waals surface area contributed by atoms with Crippen molar-refractivity contribution < 1.29 is 55.8 Å².